The monoisotopic (exact) mass is 290 g/mol. The van der Waals surface area contributed by atoms with Crippen molar-refractivity contribution in [1.82, 2.24) is 4.90 Å². The van der Waals surface area contributed by atoms with Crippen LogP contribution in [0.3, 0.4) is 0 Å². The third-order valence-electron chi connectivity index (χ3n) is 4.59. The van der Waals surface area contributed by atoms with Crippen LogP contribution in [-0.2, 0) is 0 Å². The fourth-order valence-corrected chi connectivity index (χ4v) is 3.59. The van der Waals surface area contributed by atoms with Crippen molar-refractivity contribution in [2.75, 3.05) is 19.7 Å². The van der Waals surface area contributed by atoms with Gasteiger partial charge in [-0.15, -0.1) is 0 Å². The highest BCUT2D eigenvalue weighted by molar-refractivity contribution is 5.31. The molecule has 0 saturated heterocycles. The minimum atomic E-state index is 0.304. The third kappa shape index (κ3) is 4.21. The number of nitrogens with zero attached hydrogens (tertiary/aromatic N) is 1. The topological polar surface area (TPSA) is 38.5 Å². The fraction of sp³-hybridized carbons (Fsp3) is 0.667. The molecule has 1 aliphatic rings. The van der Waals surface area contributed by atoms with Gasteiger partial charge in [0.15, 0.2) is 0 Å². The molecule has 21 heavy (non-hydrogen) atoms. The van der Waals surface area contributed by atoms with Crippen LogP contribution < -0.4 is 10.5 Å². The Morgan fingerprint density at radius 3 is 2.62 bits per heavy atom. The lowest BCUT2D eigenvalue weighted by atomic mass is 9.92. The summed E-state index contributed by atoms with van der Waals surface area (Å²) in [5, 5.41) is 0. The average Bonchev–Trinajstić information content (AvgIpc) is 2.54. The van der Waals surface area contributed by atoms with E-state index in [-0.39, 0.29) is 0 Å². The van der Waals surface area contributed by atoms with E-state index in [1.54, 1.807) is 0 Å². The first-order valence-electron chi connectivity index (χ1n) is 8.48. The Morgan fingerprint density at radius 2 is 2.00 bits per heavy atom. The quantitative estimate of drug-likeness (QED) is 0.831. The predicted molar refractivity (Wildman–Crippen MR) is 88.7 cm³/mol. The Kier molecular flexibility index (Phi) is 6.52. The molecule has 0 amide bonds. The van der Waals surface area contributed by atoms with Crippen molar-refractivity contribution in [1.29, 1.82) is 0 Å². The summed E-state index contributed by atoms with van der Waals surface area (Å²) in [6, 6.07) is 9.44. The second-order valence-electron chi connectivity index (χ2n) is 5.88. The summed E-state index contributed by atoms with van der Waals surface area (Å²) in [5.74, 6) is 0.952. The lowest BCUT2D eigenvalue weighted by Gasteiger charge is -2.39. The molecule has 3 heteroatoms. The molecule has 0 aliphatic heterocycles. The van der Waals surface area contributed by atoms with Crippen molar-refractivity contribution < 1.29 is 4.74 Å². The molecule has 1 fully saturated rings. The summed E-state index contributed by atoms with van der Waals surface area (Å²) in [7, 11) is 0. The van der Waals surface area contributed by atoms with Gasteiger partial charge in [0.2, 0.25) is 0 Å². The van der Waals surface area contributed by atoms with Gasteiger partial charge in [0.25, 0.3) is 0 Å². The predicted octanol–water partition coefficient (Wildman–Crippen LogP) is 3.74. The molecule has 2 N–H and O–H groups in total. The summed E-state index contributed by atoms with van der Waals surface area (Å²) in [6.45, 7) is 6.71. The Bertz CT molecular complexity index is 415. The number of hydrogen-bond donors (Lipinski definition) is 1. The molecule has 1 saturated carbocycles. The third-order valence-corrected chi connectivity index (χ3v) is 4.59. The van der Waals surface area contributed by atoms with Gasteiger partial charge in [-0.2, -0.15) is 0 Å². The number of likely N-dealkylation sites (N-methyl/N-ethyl adjacent to an activating group) is 1. The molecule has 0 radical (unpaired) electrons. The van der Waals surface area contributed by atoms with Gasteiger partial charge >= 0.3 is 0 Å². The van der Waals surface area contributed by atoms with Crippen molar-refractivity contribution in [3.05, 3.63) is 29.8 Å². The maximum absolute atomic E-state index is 6.13. The summed E-state index contributed by atoms with van der Waals surface area (Å²) in [6.07, 6.45) is 6.74. The van der Waals surface area contributed by atoms with Crippen LogP contribution in [0.5, 0.6) is 5.75 Å². The summed E-state index contributed by atoms with van der Waals surface area (Å²) in [4.78, 5) is 2.60. The molecule has 0 heterocycles. The minimum Gasteiger partial charge on any atom is -0.494 e. The van der Waals surface area contributed by atoms with Gasteiger partial charge in [-0.1, -0.05) is 38.3 Å². The first-order valence-corrected chi connectivity index (χ1v) is 8.48. The minimum absolute atomic E-state index is 0.304. The first kappa shape index (κ1) is 16.3. The molecular formula is C18H30N2O. The molecule has 118 valence electrons. The molecule has 1 aromatic carbocycles. The van der Waals surface area contributed by atoms with E-state index in [0.29, 0.717) is 25.2 Å². The van der Waals surface area contributed by atoms with Crippen LogP contribution in [0, 0.1) is 0 Å². The SMILES string of the molecule is CCOc1cccc(C(CN)N(CC)C2CCCCC2)c1. The Balaban J connectivity index is 2.17. The highest BCUT2D eigenvalue weighted by atomic mass is 16.5. The molecule has 1 aliphatic carbocycles. The Hall–Kier alpha value is -1.06. The molecule has 2 rings (SSSR count). The number of ether oxygens (including phenoxy) is 1. The normalized spacial score (nSPS) is 17.9. The van der Waals surface area contributed by atoms with E-state index in [0.717, 1.165) is 12.3 Å². The summed E-state index contributed by atoms with van der Waals surface area (Å²) in [5.41, 5.74) is 7.42. The van der Waals surface area contributed by atoms with E-state index < -0.39 is 0 Å². The van der Waals surface area contributed by atoms with Crippen LogP contribution in [0.2, 0.25) is 0 Å². The lowest BCUT2D eigenvalue weighted by Crippen LogP contribution is -2.42. The van der Waals surface area contributed by atoms with Crippen LogP contribution in [-0.4, -0.2) is 30.6 Å². The standard InChI is InChI=1S/C18H30N2O/c1-3-20(16-10-6-5-7-11-16)18(14-19)15-9-8-12-17(13-15)21-4-2/h8-9,12-13,16,18H,3-7,10-11,14,19H2,1-2H3. The molecule has 0 bridgehead atoms. The molecule has 3 nitrogen and oxygen atoms in total. The van der Waals surface area contributed by atoms with Crippen molar-refractivity contribution in [3.8, 4) is 5.75 Å². The summed E-state index contributed by atoms with van der Waals surface area (Å²) >= 11 is 0. The number of nitrogens with two attached hydrogens (primary N) is 1. The van der Waals surface area contributed by atoms with E-state index in [1.807, 2.05) is 13.0 Å². The van der Waals surface area contributed by atoms with E-state index >= 15 is 0 Å². The van der Waals surface area contributed by atoms with Gasteiger partial charge < -0.3 is 10.5 Å². The van der Waals surface area contributed by atoms with Crippen LogP contribution in [0.25, 0.3) is 0 Å². The van der Waals surface area contributed by atoms with Gasteiger partial charge in [0.1, 0.15) is 5.75 Å². The van der Waals surface area contributed by atoms with Gasteiger partial charge in [0, 0.05) is 18.6 Å². The maximum atomic E-state index is 6.13. The molecule has 1 unspecified atom stereocenters. The zero-order valence-electron chi connectivity index (χ0n) is 13.6. The molecule has 1 aromatic rings. The zero-order valence-corrected chi connectivity index (χ0v) is 13.6. The zero-order chi connectivity index (χ0) is 15.1. The van der Waals surface area contributed by atoms with E-state index in [9.17, 15) is 0 Å². The first-order chi connectivity index (χ1) is 10.3. The van der Waals surface area contributed by atoms with E-state index in [2.05, 4.69) is 30.0 Å². The molecule has 0 spiro atoms. The van der Waals surface area contributed by atoms with E-state index in [1.165, 1.54) is 37.7 Å². The fourth-order valence-electron chi connectivity index (χ4n) is 3.59. The Labute approximate surface area is 129 Å². The molecular weight excluding hydrogens is 260 g/mol. The van der Waals surface area contributed by atoms with Crippen molar-refractivity contribution in [2.45, 2.75) is 58.0 Å². The summed E-state index contributed by atoms with van der Waals surface area (Å²) < 4.78 is 5.64. The van der Waals surface area contributed by atoms with Gasteiger partial charge in [-0.25, -0.2) is 0 Å². The molecule has 0 aromatic heterocycles. The molecule has 1 atom stereocenters. The number of hydrogen-bond acceptors (Lipinski definition) is 3. The highest BCUT2D eigenvalue weighted by Gasteiger charge is 2.26. The smallest absolute Gasteiger partial charge is 0.119 e. The van der Waals surface area contributed by atoms with Crippen LogP contribution >= 0.6 is 0 Å². The van der Waals surface area contributed by atoms with Crippen molar-refractivity contribution in [3.63, 3.8) is 0 Å². The van der Waals surface area contributed by atoms with Crippen molar-refractivity contribution in [2.24, 2.45) is 5.73 Å². The maximum Gasteiger partial charge on any atom is 0.119 e. The van der Waals surface area contributed by atoms with Crippen LogP contribution in [0.1, 0.15) is 57.6 Å². The second-order valence-corrected chi connectivity index (χ2v) is 5.88. The van der Waals surface area contributed by atoms with Gasteiger partial charge in [-0.05, 0) is 44.0 Å². The van der Waals surface area contributed by atoms with Crippen LogP contribution in [0.15, 0.2) is 24.3 Å². The van der Waals surface area contributed by atoms with E-state index in [4.69, 9.17) is 10.5 Å². The van der Waals surface area contributed by atoms with Crippen molar-refractivity contribution >= 4 is 0 Å². The second kappa shape index (κ2) is 8.40. The van der Waals surface area contributed by atoms with Gasteiger partial charge in [-0.3, -0.25) is 4.90 Å². The number of rotatable bonds is 7. The van der Waals surface area contributed by atoms with Crippen LogP contribution in [0.4, 0.5) is 0 Å². The lowest BCUT2D eigenvalue weighted by molar-refractivity contribution is 0.113. The Morgan fingerprint density at radius 1 is 1.24 bits per heavy atom. The number of benzene rings is 1. The van der Waals surface area contributed by atoms with Gasteiger partial charge in [0.05, 0.1) is 6.61 Å². The highest BCUT2D eigenvalue weighted by Crippen LogP contribution is 2.30. The largest absolute Gasteiger partial charge is 0.494 e. The average molecular weight is 290 g/mol.